The number of hydrogen-bond donors (Lipinski definition) is 2. The van der Waals surface area contributed by atoms with E-state index in [9.17, 15) is 14.4 Å². The average Bonchev–Trinajstić information content (AvgIpc) is 2.67. The molecule has 3 aromatic rings. The minimum absolute atomic E-state index is 0.159. The molecule has 1 aromatic heterocycles. The lowest BCUT2D eigenvalue weighted by Crippen LogP contribution is -2.23. The Morgan fingerprint density at radius 3 is 2.21 bits per heavy atom. The van der Waals surface area contributed by atoms with Crippen LogP contribution in [0.5, 0.6) is 0 Å². The summed E-state index contributed by atoms with van der Waals surface area (Å²) in [5.41, 5.74) is 4.72. The van der Waals surface area contributed by atoms with Crippen LogP contribution in [0.2, 0.25) is 0 Å². The van der Waals surface area contributed by atoms with Gasteiger partial charge in [-0.05, 0) is 55.3 Å². The Bertz CT molecular complexity index is 1110. The van der Waals surface area contributed by atoms with Crippen LogP contribution in [0.1, 0.15) is 34.0 Å². The number of carbonyl (C=O) groups excluding carboxylic acids is 2. The van der Waals surface area contributed by atoms with E-state index in [0.717, 1.165) is 16.7 Å². The minimum Gasteiger partial charge on any atom is -0.326 e. The van der Waals surface area contributed by atoms with Crippen LogP contribution in [0.15, 0.2) is 65.6 Å². The number of aromatic nitrogens is 1. The van der Waals surface area contributed by atoms with Gasteiger partial charge in [0.15, 0.2) is 0 Å². The molecule has 2 N–H and O–H groups in total. The van der Waals surface area contributed by atoms with Crippen molar-refractivity contribution in [2.75, 3.05) is 10.6 Å². The molecule has 1 heterocycles. The van der Waals surface area contributed by atoms with Gasteiger partial charge in [-0.25, -0.2) is 0 Å². The second-order valence-electron chi connectivity index (χ2n) is 7.03. The van der Waals surface area contributed by atoms with E-state index in [2.05, 4.69) is 10.6 Å². The van der Waals surface area contributed by atoms with Gasteiger partial charge in [-0.3, -0.25) is 14.4 Å². The first-order valence-corrected chi connectivity index (χ1v) is 9.27. The van der Waals surface area contributed by atoms with Crippen LogP contribution < -0.4 is 16.2 Å². The maximum atomic E-state index is 12.6. The SMILES string of the molecule is CC(=O)Nc1ccc(NC(=O)c2ccc(=O)n(Cc3cc(C)ccc3C)c2)cc1. The number of amides is 2. The van der Waals surface area contributed by atoms with E-state index >= 15 is 0 Å². The maximum Gasteiger partial charge on any atom is 0.257 e. The van der Waals surface area contributed by atoms with Gasteiger partial charge in [0, 0.05) is 30.6 Å². The fourth-order valence-electron chi connectivity index (χ4n) is 2.99. The molecular weight excluding hydrogens is 366 g/mol. The molecule has 0 spiro atoms. The normalized spacial score (nSPS) is 10.4. The molecule has 0 saturated heterocycles. The molecule has 2 aromatic carbocycles. The summed E-state index contributed by atoms with van der Waals surface area (Å²) >= 11 is 0. The topological polar surface area (TPSA) is 80.2 Å². The summed E-state index contributed by atoms with van der Waals surface area (Å²) in [6.45, 7) is 5.84. The molecule has 2 amide bonds. The van der Waals surface area contributed by atoms with Crippen molar-refractivity contribution in [2.45, 2.75) is 27.3 Å². The molecule has 0 radical (unpaired) electrons. The van der Waals surface area contributed by atoms with Crippen molar-refractivity contribution >= 4 is 23.2 Å². The van der Waals surface area contributed by atoms with E-state index in [1.165, 1.54) is 23.6 Å². The molecular formula is C23H23N3O3. The molecule has 148 valence electrons. The molecule has 0 bridgehead atoms. The van der Waals surface area contributed by atoms with E-state index in [1.54, 1.807) is 30.5 Å². The van der Waals surface area contributed by atoms with E-state index in [0.29, 0.717) is 23.5 Å². The summed E-state index contributed by atoms with van der Waals surface area (Å²) in [4.78, 5) is 36.0. The van der Waals surface area contributed by atoms with Crippen LogP contribution in [0.25, 0.3) is 0 Å². The van der Waals surface area contributed by atoms with Gasteiger partial charge in [0.05, 0.1) is 12.1 Å². The summed E-state index contributed by atoms with van der Waals surface area (Å²) in [7, 11) is 0. The highest BCUT2D eigenvalue weighted by molar-refractivity contribution is 6.04. The molecule has 0 unspecified atom stereocenters. The highest BCUT2D eigenvalue weighted by Crippen LogP contribution is 2.15. The summed E-state index contributed by atoms with van der Waals surface area (Å²) < 4.78 is 1.54. The Hall–Kier alpha value is -3.67. The Balaban J connectivity index is 1.78. The van der Waals surface area contributed by atoms with Crippen molar-refractivity contribution < 1.29 is 9.59 Å². The molecule has 0 aliphatic heterocycles. The number of hydrogen-bond acceptors (Lipinski definition) is 3. The third-order valence-electron chi connectivity index (χ3n) is 4.55. The molecule has 6 nitrogen and oxygen atoms in total. The molecule has 0 aliphatic rings. The second-order valence-corrected chi connectivity index (χ2v) is 7.03. The van der Waals surface area contributed by atoms with Crippen molar-refractivity contribution in [3.8, 4) is 0 Å². The van der Waals surface area contributed by atoms with E-state index in [4.69, 9.17) is 0 Å². The molecule has 6 heteroatoms. The molecule has 0 saturated carbocycles. The third-order valence-corrected chi connectivity index (χ3v) is 4.55. The molecule has 29 heavy (non-hydrogen) atoms. The fraction of sp³-hybridized carbons (Fsp3) is 0.174. The van der Waals surface area contributed by atoms with Gasteiger partial charge in [0.25, 0.3) is 11.5 Å². The zero-order chi connectivity index (χ0) is 21.0. The lowest BCUT2D eigenvalue weighted by molar-refractivity contribution is -0.114. The number of aryl methyl sites for hydroxylation is 2. The smallest absolute Gasteiger partial charge is 0.257 e. The number of carbonyl (C=O) groups is 2. The average molecular weight is 389 g/mol. The number of anilines is 2. The van der Waals surface area contributed by atoms with Crippen molar-refractivity contribution in [1.29, 1.82) is 0 Å². The van der Waals surface area contributed by atoms with E-state index in [1.807, 2.05) is 32.0 Å². The summed E-state index contributed by atoms with van der Waals surface area (Å²) in [5.74, 6) is -0.472. The van der Waals surface area contributed by atoms with E-state index in [-0.39, 0.29) is 17.4 Å². The third kappa shape index (κ3) is 5.19. The Labute approximate surface area is 169 Å². The number of benzene rings is 2. The van der Waals surface area contributed by atoms with Gasteiger partial charge >= 0.3 is 0 Å². The predicted octanol–water partition coefficient (Wildman–Crippen LogP) is 3.72. The zero-order valence-corrected chi connectivity index (χ0v) is 16.7. The minimum atomic E-state index is -0.313. The van der Waals surface area contributed by atoms with Crippen LogP contribution in [0.3, 0.4) is 0 Å². The molecule has 0 fully saturated rings. The van der Waals surface area contributed by atoms with Gasteiger partial charge in [-0.15, -0.1) is 0 Å². The van der Waals surface area contributed by atoms with Gasteiger partial charge in [0.2, 0.25) is 5.91 Å². The zero-order valence-electron chi connectivity index (χ0n) is 16.7. The van der Waals surface area contributed by atoms with Crippen molar-refractivity contribution in [3.63, 3.8) is 0 Å². The van der Waals surface area contributed by atoms with Crippen LogP contribution >= 0.6 is 0 Å². The van der Waals surface area contributed by atoms with Crippen LogP contribution in [0.4, 0.5) is 11.4 Å². The highest BCUT2D eigenvalue weighted by Gasteiger charge is 2.10. The Kier molecular flexibility index (Phi) is 5.93. The van der Waals surface area contributed by atoms with Gasteiger partial charge < -0.3 is 15.2 Å². The van der Waals surface area contributed by atoms with E-state index < -0.39 is 0 Å². The number of nitrogens with one attached hydrogen (secondary N) is 2. The molecule has 0 atom stereocenters. The Morgan fingerprint density at radius 1 is 0.897 bits per heavy atom. The molecule has 3 rings (SSSR count). The summed E-state index contributed by atoms with van der Waals surface area (Å²) in [5, 5.41) is 5.48. The van der Waals surface area contributed by atoms with Crippen molar-refractivity contribution in [1.82, 2.24) is 4.57 Å². The second kappa shape index (κ2) is 8.56. The van der Waals surface area contributed by atoms with Crippen LogP contribution in [-0.4, -0.2) is 16.4 Å². The first kappa shape index (κ1) is 20.1. The number of nitrogens with zero attached hydrogens (tertiary/aromatic N) is 1. The van der Waals surface area contributed by atoms with Crippen LogP contribution in [0, 0.1) is 13.8 Å². The monoisotopic (exact) mass is 389 g/mol. The first-order chi connectivity index (χ1) is 13.8. The van der Waals surface area contributed by atoms with Crippen molar-refractivity contribution in [2.24, 2.45) is 0 Å². The van der Waals surface area contributed by atoms with Gasteiger partial charge in [0.1, 0.15) is 0 Å². The van der Waals surface area contributed by atoms with Gasteiger partial charge in [-0.1, -0.05) is 23.8 Å². The quantitative estimate of drug-likeness (QED) is 0.698. The summed E-state index contributed by atoms with van der Waals surface area (Å²) in [6.07, 6.45) is 1.57. The highest BCUT2D eigenvalue weighted by atomic mass is 16.2. The van der Waals surface area contributed by atoms with Gasteiger partial charge in [-0.2, -0.15) is 0 Å². The lowest BCUT2D eigenvalue weighted by Gasteiger charge is -2.12. The largest absolute Gasteiger partial charge is 0.326 e. The van der Waals surface area contributed by atoms with Crippen molar-refractivity contribution in [3.05, 3.63) is 93.4 Å². The standard InChI is InChI=1S/C23H23N3O3/c1-15-4-5-16(2)19(12-15)14-26-13-18(6-11-22(26)28)23(29)25-21-9-7-20(8-10-21)24-17(3)27/h4-13H,14H2,1-3H3,(H,24,27)(H,25,29). The number of rotatable bonds is 5. The summed E-state index contributed by atoms with van der Waals surface area (Å²) in [6, 6.07) is 15.8. The predicted molar refractivity (Wildman–Crippen MR) is 114 cm³/mol. The fourth-order valence-corrected chi connectivity index (χ4v) is 2.99. The number of pyridine rings is 1. The first-order valence-electron chi connectivity index (χ1n) is 9.27. The Morgan fingerprint density at radius 2 is 1.55 bits per heavy atom. The maximum absolute atomic E-state index is 12.6. The lowest BCUT2D eigenvalue weighted by atomic mass is 10.1. The molecule has 0 aliphatic carbocycles. The van der Waals surface area contributed by atoms with Crippen LogP contribution in [-0.2, 0) is 11.3 Å².